The lowest BCUT2D eigenvalue weighted by molar-refractivity contribution is 0.501. The summed E-state index contributed by atoms with van der Waals surface area (Å²) in [4.78, 5) is 15.5. The number of nitrogens with one attached hydrogen (secondary N) is 2. The molecule has 0 aliphatic carbocycles. The lowest BCUT2D eigenvalue weighted by Gasteiger charge is -2.25. The number of nitrogens with zero attached hydrogens (tertiary/aromatic N) is 3. The Morgan fingerprint density at radius 3 is 3.00 bits per heavy atom. The quantitative estimate of drug-likeness (QED) is 0.538. The monoisotopic (exact) mass is 383 g/mol. The zero-order valence-electron chi connectivity index (χ0n) is 14.4. The molecule has 27 heavy (non-hydrogen) atoms. The molecular weight excluding hydrogens is 366 g/mol. The van der Waals surface area contributed by atoms with Gasteiger partial charge >= 0.3 is 0 Å². The number of pyridine rings is 1. The Hall–Kier alpha value is -3.06. The first-order valence-corrected chi connectivity index (χ1v) is 9.86. The van der Waals surface area contributed by atoms with Gasteiger partial charge in [0.15, 0.2) is 5.82 Å². The number of hydrogen-bond acceptors (Lipinski definition) is 6. The van der Waals surface area contributed by atoms with Crippen molar-refractivity contribution in [3.8, 4) is 6.07 Å². The molecule has 0 saturated carbocycles. The molecule has 0 spiro atoms. The highest BCUT2D eigenvalue weighted by Gasteiger charge is 2.22. The van der Waals surface area contributed by atoms with E-state index in [1.807, 2.05) is 6.92 Å². The highest BCUT2D eigenvalue weighted by Crippen LogP contribution is 2.56. The molecule has 0 bridgehead atoms. The van der Waals surface area contributed by atoms with Crippen LogP contribution in [0.1, 0.15) is 24.9 Å². The van der Waals surface area contributed by atoms with E-state index in [1.165, 1.54) is 5.41 Å². The van der Waals surface area contributed by atoms with Crippen molar-refractivity contribution in [1.29, 1.82) is 5.26 Å². The van der Waals surface area contributed by atoms with E-state index in [2.05, 4.69) is 21.5 Å². The Labute approximate surface area is 156 Å². The highest BCUT2D eigenvalue weighted by molar-refractivity contribution is 8.27. The van der Waals surface area contributed by atoms with Gasteiger partial charge in [-0.15, -0.1) is 10.6 Å². The first kappa shape index (κ1) is 17.4. The number of benzene rings is 1. The summed E-state index contributed by atoms with van der Waals surface area (Å²) in [7, 11) is -2.86. The molecule has 3 heterocycles. The summed E-state index contributed by atoms with van der Waals surface area (Å²) in [5.41, 5.74) is 1.73. The molecule has 1 aliphatic heterocycles. The van der Waals surface area contributed by atoms with E-state index in [4.69, 9.17) is 5.26 Å². The lowest BCUT2D eigenvalue weighted by atomic mass is 10.2. The van der Waals surface area contributed by atoms with Crippen molar-refractivity contribution in [2.24, 2.45) is 0 Å². The second kappa shape index (κ2) is 6.28. The molecule has 4 N–H and O–H groups in total. The fourth-order valence-electron chi connectivity index (χ4n) is 3.15. The third-order valence-corrected chi connectivity index (χ3v) is 6.00. The molecular formula is C18H17N5O3S. The molecule has 0 fully saturated rings. The van der Waals surface area contributed by atoms with Crippen LogP contribution in [0.4, 0.5) is 11.5 Å². The molecule has 0 radical (unpaired) electrons. The second-order valence-electron chi connectivity index (χ2n) is 6.34. The molecule has 0 saturated heterocycles. The van der Waals surface area contributed by atoms with E-state index in [0.717, 1.165) is 0 Å². The molecule has 2 aromatic heterocycles. The Kier molecular flexibility index (Phi) is 4.04. The molecule has 1 aromatic carbocycles. The van der Waals surface area contributed by atoms with E-state index in [0.29, 0.717) is 32.9 Å². The van der Waals surface area contributed by atoms with Crippen molar-refractivity contribution in [2.45, 2.75) is 24.3 Å². The van der Waals surface area contributed by atoms with Crippen molar-refractivity contribution in [3.05, 3.63) is 51.8 Å². The SMILES string of the molecule is CC(CC#N)n1nc(Nc2ccc3c(c2)C=CS3(O)O)c2c(=O)[nH]ccc21. The maximum Gasteiger partial charge on any atom is 0.261 e. The smallest absolute Gasteiger partial charge is 0.261 e. The summed E-state index contributed by atoms with van der Waals surface area (Å²) < 4.78 is 21.6. The number of H-pyrrole nitrogens is 1. The van der Waals surface area contributed by atoms with E-state index in [1.54, 1.807) is 41.2 Å². The van der Waals surface area contributed by atoms with E-state index in [-0.39, 0.29) is 18.0 Å². The van der Waals surface area contributed by atoms with Crippen LogP contribution in [0, 0.1) is 11.3 Å². The molecule has 9 heteroatoms. The van der Waals surface area contributed by atoms with Crippen LogP contribution in [-0.2, 0) is 0 Å². The van der Waals surface area contributed by atoms with Crippen LogP contribution in [0.2, 0.25) is 0 Å². The number of anilines is 2. The summed E-state index contributed by atoms with van der Waals surface area (Å²) in [5.74, 6) is 0.380. The minimum Gasteiger partial charge on any atom is -0.338 e. The first-order valence-electron chi connectivity index (χ1n) is 8.25. The van der Waals surface area contributed by atoms with Gasteiger partial charge in [0.1, 0.15) is 5.39 Å². The van der Waals surface area contributed by atoms with Gasteiger partial charge in [0.25, 0.3) is 5.56 Å². The van der Waals surface area contributed by atoms with E-state index < -0.39 is 10.6 Å². The third-order valence-electron chi connectivity index (χ3n) is 4.47. The Balaban J connectivity index is 1.78. The van der Waals surface area contributed by atoms with Gasteiger partial charge < -0.3 is 10.3 Å². The maximum absolute atomic E-state index is 12.4. The predicted molar refractivity (Wildman–Crippen MR) is 105 cm³/mol. The zero-order chi connectivity index (χ0) is 19.2. The number of rotatable bonds is 4. The van der Waals surface area contributed by atoms with Crippen molar-refractivity contribution in [2.75, 3.05) is 5.32 Å². The second-order valence-corrected chi connectivity index (χ2v) is 8.24. The van der Waals surface area contributed by atoms with Gasteiger partial charge in [-0.25, -0.2) is 0 Å². The Morgan fingerprint density at radius 1 is 1.41 bits per heavy atom. The summed E-state index contributed by atoms with van der Waals surface area (Å²) in [6, 6.07) is 8.81. The lowest BCUT2D eigenvalue weighted by Crippen LogP contribution is -2.08. The van der Waals surface area contributed by atoms with Crippen LogP contribution >= 0.6 is 10.6 Å². The van der Waals surface area contributed by atoms with Crippen molar-refractivity contribution in [1.82, 2.24) is 14.8 Å². The number of hydrogen-bond donors (Lipinski definition) is 4. The molecule has 4 rings (SSSR count). The molecule has 1 atom stereocenters. The van der Waals surface area contributed by atoms with Gasteiger partial charge in [-0.2, -0.15) is 10.4 Å². The normalized spacial score (nSPS) is 16.7. The Morgan fingerprint density at radius 2 is 2.22 bits per heavy atom. The van der Waals surface area contributed by atoms with Gasteiger partial charge in [0.2, 0.25) is 0 Å². The van der Waals surface area contributed by atoms with Crippen LogP contribution < -0.4 is 10.9 Å². The van der Waals surface area contributed by atoms with Gasteiger partial charge in [-0.3, -0.25) is 18.6 Å². The summed E-state index contributed by atoms with van der Waals surface area (Å²) in [6.45, 7) is 1.87. The minimum absolute atomic E-state index is 0.189. The van der Waals surface area contributed by atoms with Crippen LogP contribution in [-0.4, -0.2) is 23.9 Å². The van der Waals surface area contributed by atoms with Crippen LogP contribution in [0.5, 0.6) is 0 Å². The number of fused-ring (bicyclic) bond motifs is 2. The Bertz CT molecular complexity index is 1170. The van der Waals surface area contributed by atoms with Gasteiger partial charge in [-0.1, -0.05) is 0 Å². The van der Waals surface area contributed by atoms with Crippen molar-refractivity contribution >= 4 is 39.1 Å². The molecule has 1 unspecified atom stereocenters. The fourth-order valence-corrected chi connectivity index (χ4v) is 4.37. The molecule has 138 valence electrons. The summed E-state index contributed by atoms with van der Waals surface area (Å²) >= 11 is 0. The van der Waals surface area contributed by atoms with Crippen LogP contribution in [0.25, 0.3) is 17.0 Å². The molecule has 1 aliphatic rings. The van der Waals surface area contributed by atoms with E-state index in [9.17, 15) is 13.9 Å². The van der Waals surface area contributed by atoms with Crippen LogP contribution in [0.15, 0.2) is 45.6 Å². The minimum atomic E-state index is -2.86. The highest BCUT2D eigenvalue weighted by atomic mass is 32.3. The third kappa shape index (κ3) is 2.90. The zero-order valence-corrected chi connectivity index (χ0v) is 15.2. The average Bonchev–Trinajstić information content (AvgIpc) is 3.14. The van der Waals surface area contributed by atoms with Gasteiger partial charge in [0, 0.05) is 22.9 Å². The largest absolute Gasteiger partial charge is 0.338 e. The number of aromatic nitrogens is 3. The molecule has 8 nitrogen and oxygen atoms in total. The average molecular weight is 383 g/mol. The topological polar surface area (TPSA) is 127 Å². The van der Waals surface area contributed by atoms with Gasteiger partial charge in [-0.05, 0) is 37.3 Å². The maximum atomic E-state index is 12.4. The predicted octanol–water partition coefficient (Wildman–Crippen LogP) is 4.04. The summed E-state index contributed by atoms with van der Waals surface area (Å²) in [6.07, 6.45) is 3.48. The standard InChI is InChI=1S/C18H17N5O3S/c1-11(4-7-19)23-14-5-8-20-18(24)16(14)17(22-23)21-13-2-3-15-12(10-13)6-9-27(15,25)26/h2-3,5-6,8-11,25-26H,4H2,1H3,(H,20,24)(H,21,22). The first-order chi connectivity index (χ1) is 12.9. The van der Waals surface area contributed by atoms with Gasteiger partial charge in [0.05, 0.1) is 28.9 Å². The number of nitriles is 1. The van der Waals surface area contributed by atoms with Crippen molar-refractivity contribution in [3.63, 3.8) is 0 Å². The van der Waals surface area contributed by atoms with E-state index >= 15 is 0 Å². The molecule has 0 amide bonds. The summed E-state index contributed by atoms with van der Waals surface area (Å²) in [5, 5.41) is 18.4. The van der Waals surface area contributed by atoms with Crippen LogP contribution in [0.3, 0.4) is 0 Å². The number of aromatic amines is 1. The van der Waals surface area contributed by atoms with Crippen molar-refractivity contribution < 1.29 is 9.11 Å². The fraction of sp³-hybridized carbons (Fsp3) is 0.167. The molecule has 3 aromatic rings.